The van der Waals surface area contributed by atoms with Crippen LogP contribution in [0.25, 0.3) is 0 Å². The number of furan rings is 1. The Morgan fingerprint density at radius 3 is 2.14 bits per heavy atom. The van der Waals surface area contributed by atoms with Crippen molar-refractivity contribution in [1.82, 2.24) is 15.2 Å². The van der Waals surface area contributed by atoms with Crippen molar-refractivity contribution in [2.45, 2.75) is 32.4 Å². The van der Waals surface area contributed by atoms with Gasteiger partial charge in [0, 0.05) is 11.4 Å². The third-order valence-corrected chi connectivity index (χ3v) is 6.45. The second-order valence-electron chi connectivity index (χ2n) is 8.69. The number of aromatic nitrogens is 1. The van der Waals surface area contributed by atoms with E-state index in [2.05, 4.69) is 15.6 Å². The van der Waals surface area contributed by atoms with E-state index < -0.39 is 0 Å². The first kappa shape index (κ1) is 25.8. The van der Waals surface area contributed by atoms with E-state index in [1.165, 1.54) is 22.5 Å². The third kappa shape index (κ3) is 6.92. The zero-order valence-corrected chi connectivity index (χ0v) is 21.4. The minimum absolute atomic E-state index is 0.0671. The number of thiazole rings is 1. The Hall–Kier alpha value is -4.24. The number of rotatable bonds is 10. The topological polar surface area (TPSA) is 105 Å². The highest BCUT2D eigenvalue weighted by molar-refractivity contribution is 7.13. The maximum atomic E-state index is 12.9. The molecule has 0 fully saturated rings. The van der Waals surface area contributed by atoms with Crippen LogP contribution in [0.2, 0.25) is 0 Å². The minimum atomic E-state index is -0.382. The molecule has 0 atom stereocenters. The van der Waals surface area contributed by atoms with E-state index in [9.17, 15) is 14.4 Å². The molecule has 0 unspecified atom stereocenters. The van der Waals surface area contributed by atoms with Gasteiger partial charge in [0.15, 0.2) is 10.9 Å². The summed E-state index contributed by atoms with van der Waals surface area (Å²) in [5.41, 5.74) is 2.50. The van der Waals surface area contributed by atoms with Gasteiger partial charge in [-0.2, -0.15) is 0 Å². The van der Waals surface area contributed by atoms with Crippen LogP contribution < -0.4 is 10.6 Å². The summed E-state index contributed by atoms with van der Waals surface area (Å²) >= 11 is 1.23. The molecule has 2 aromatic heterocycles. The van der Waals surface area contributed by atoms with E-state index >= 15 is 0 Å². The Balaban J connectivity index is 1.36. The molecule has 0 bridgehead atoms. The first-order valence-corrected chi connectivity index (χ1v) is 12.8. The summed E-state index contributed by atoms with van der Waals surface area (Å²) < 4.78 is 5.18. The lowest BCUT2D eigenvalue weighted by Gasteiger charge is -2.24. The summed E-state index contributed by atoms with van der Waals surface area (Å²) in [5.74, 6) is -0.755. The van der Waals surface area contributed by atoms with E-state index in [0.29, 0.717) is 10.8 Å². The van der Waals surface area contributed by atoms with Crippen LogP contribution in [0.5, 0.6) is 0 Å². The summed E-state index contributed by atoms with van der Waals surface area (Å²) in [6, 6.07) is 22.2. The Kier molecular flexibility index (Phi) is 8.48. The lowest BCUT2D eigenvalue weighted by molar-refractivity contribution is -0.121. The highest BCUT2D eigenvalue weighted by Crippen LogP contribution is 2.22. The minimum Gasteiger partial charge on any atom is -0.459 e. The van der Waals surface area contributed by atoms with Gasteiger partial charge >= 0.3 is 0 Å². The van der Waals surface area contributed by atoms with Gasteiger partial charge in [-0.05, 0) is 37.1 Å². The van der Waals surface area contributed by atoms with E-state index in [-0.39, 0.29) is 48.5 Å². The van der Waals surface area contributed by atoms with Crippen molar-refractivity contribution in [1.29, 1.82) is 0 Å². The lowest BCUT2D eigenvalue weighted by Crippen LogP contribution is -2.42. The van der Waals surface area contributed by atoms with Gasteiger partial charge in [-0.25, -0.2) is 4.98 Å². The lowest BCUT2D eigenvalue weighted by atomic mass is 9.98. The van der Waals surface area contributed by atoms with Crippen LogP contribution in [0.3, 0.4) is 0 Å². The van der Waals surface area contributed by atoms with Crippen LogP contribution in [0, 0.1) is 0 Å². The molecule has 2 aromatic carbocycles. The molecule has 4 rings (SSSR count). The van der Waals surface area contributed by atoms with Crippen LogP contribution >= 0.6 is 11.3 Å². The zero-order valence-electron chi connectivity index (χ0n) is 20.6. The monoisotopic (exact) mass is 516 g/mol. The quantitative estimate of drug-likeness (QED) is 0.319. The van der Waals surface area contributed by atoms with Gasteiger partial charge in [0.2, 0.25) is 11.8 Å². The van der Waals surface area contributed by atoms with Crippen molar-refractivity contribution < 1.29 is 18.8 Å². The van der Waals surface area contributed by atoms with Crippen LogP contribution in [0.4, 0.5) is 5.13 Å². The Morgan fingerprint density at radius 1 is 0.919 bits per heavy atom. The molecule has 0 aliphatic rings. The largest absolute Gasteiger partial charge is 0.459 e. The molecule has 190 valence electrons. The predicted molar refractivity (Wildman–Crippen MR) is 142 cm³/mol. The normalized spacial score (nSPS) is 10.9. The van der Waals surface area contributed by atoms with Crippen molar-refractivity contribution in [3.05, 3.63) is 107 Å². The number of anilines is 1. The van der Waals surface area contributed by atoms with Crippen LogP contribution in [-0.4, -0.2) is 40.2 Å². The van der Waals surface area contributed by atoms with Crippen molar-refractivity contribution in [3.8, 4) is 0 Å². The second kappa shape index (κ2) is 12.1. The van der Waals surface area contributed by atoms with Crippen molar-refractivity contribution in [2.75, 3.05) is 11.9 Å². The van der Waals surface area contributed by atoms with Gasteiger partial charge in [-0.1, -0.05) is 60.7 Å². The number of amides is 3. The van der Waals surface area contributed by atoms with Crippen LogP contribution in [0.15, 0.2) is 88.9 Å². The fourth-order valence-electron chi connectivity index (χ4n) is 3.82. The molecular formula is C28H28N4O4S. The van der Waals surface area contributed by atoms with Crippen molar-refractivity contribution >= 4 is 34.2 Å². The second-order valence-corrected chi connectivity index (χ2v) is 9.55. The Labute approximate surface area is 219 Å². The molecule has 0 aliphatic carbocycles. The molecule has 0 radical (unpaired) electrons. The Morgan fingerprint density at radius 2 is 1.57 bits per heavy atom. The molecule has 4 aromatic rings. The number of carbonyl (C=O) groups excluding carboxylic acids is 3. The number of hydrogen-bond donors (Lipinski definition) is 2. The molecular weight excluding hydrogens is 488 g/mol. The van der Waals surface area contributed by atoms with E-state index in [1.54, 1.807) is 17.5 Å². The van der Waals surface area contributed by atoms with Crippen molar-refractivity contribution in [2.24, 2.45) is 0 Å². The van der Waals surface area contributed by atoms with E-state index in [4.69, 9.17) is 4.42 Å². The maximum Gasteiger partial charge on any atom is 0.290 e. The molecule has 9 heteroatoms. The number of carbonyl (C=O) groups is 3. The summed E-state index contributed by atoms with van der Waals surface area (Å²) in [6.45, 7) is 3.50. The smallest absolute Gasteiger partial charge is 0.290 e. The van der Waals surface area contributed by atoms with Gasteiger partial charge in [-0.3, -0.25) is 14.4 Å². The van der Waals surface area contributed by atoms with Gasteiger partial charge in [0.25, 0.3) is 5.91 Å². The molecule has 0 saturated carbocycles. The molecule has 0 saturated heterocycles. The van der Waals surface area contributed by atoms with Gasteiger partial charge < -0.3 is 20.0 Å². The average Bonchev–Trinajstić information content (AvgIpc) is 3.59. The molecule has 2 heterocycles. The fraction of sp³-hybridized carbons (Fsp3) is 0.214. The molecule has 2 N–H and O–H groups in total. The van der Waals surface area contributed by atoms with Crippen molar-refractivity contribution in [3.63, 3.8) is 0 Å². The predicted octanol–water partition coefficient (Wildman–Crippen LogP) is 4.67. The first-order chi connectivity index (χ1) is 17.9. The highest BCUT2D eigenvalue weighted by atomic mass is 32.1. The standard InChI is InChI=1S/C28H28N4O4S/c1-19(2)32(27(35)23-14-9-15-36-23)17-25(34)31-28-29-22(18-37-28)16-24(33)30-26(20-10-5-3-6-11-20)21-12-7-4-8-13-21/h3-15,18-19,26H,16-17H2,1-2H3,(H,30,33)(H,29,31,34). The summed E-state index contributed by atoms with van der Waals surface area (Å²) in [7, 11) is 0. The van der Waals surface area contributed by atoms with Gasteiger partial charge in [0.1, 0.15) is 6.54 Å². The SMILES string of the molecule is CC(C)N(CC(=O)Nc1nc(CC(=O)NC(c2ccccc2)c2ccccc2)cs1)C(=O)c1ccco1. The summed E-state index contributed by atoms with van der Waals surface area (Å²) in [4.78, 5) is 44.0. The maximum absolute atomic E-state index is 12.9. The first-order valence-electron chi connectivity index (χ1n) is 11.9. The number of benzene rings is 2. The third-order valence-electron chi connectivity index (χ3n) is 5.64. The van der Waals surface area contributed by atoms with Gasteiger partial charge in [-0.15, -0.1) is 11.3 Å². The van der Waals surface area contributed by atoms with Crippen LogP contribution in [-0.2, 0) is 16.0 Å². The Bertz CT molecular complexity index is 1280. The number of nitrogens with zero attached hydrogens (tertiary/aromatic N) is 2. The molecule has 37 heavy (non-hydrogen) atoms. The summed E-state index contributed by atoms with van der Waals surface area (Å²) in [5, 5.41) is 7.93. The fourth-order valence-corrected chi connectivity index (χ4v) is 4.54. The molecule has 8 nitrogen and oxygen atoms in total. The zero-order chi connectivity index (χ0) is 26.2. The molecule has 0 aliphatic heterocycles. The highest BCUT2D eigenvalue weighted by Gasteiger charge is 2.24. The number of hydrogen-bond acceptors (Lipinski definition) is 6. The molecule has 3 amide bonds. The summed E-state index contributed by atoms with van der Waals surface area (Å²) in [6.07, 6.45) is 1.48. The number of nitrogens with one attached hydrogen (secondary N) is 2. The van der Waals surface area contributed by atoms with Gasteiger partial charge in [0.05, 0.1) is 24.4 Å². The molecule has 0 spiro atoms. The average molecular weight is 517 g/mol. The van der Waals surface area contributed by atoms with E-state index in [0.717, 1.165) is 11.1 Å². The van der Waals surface area contributed by atoms with Crippen LogP contribution in [0.1, 0.15) is 47.3 Å². The van der Waals surface area contributed by atoms with E-state index in [1.807, 2.05) is 74.5 Å².